The van der Waals surface area contributed by atoms with Crippen LogP contribution in [-0.2, 0) is 6.54 Å². The van der Waals surface area contributed by atoms with Gasteiger partial charge in [0.1, 0.15) is 5.75 Å². The van der Waals surface area contributed by atoms with Crippen LogP contribution in [0.5, 0.6) is 5.75 Å². The fourth-order valence-electron chi connectivity index (χ4n) is 2.63. The molecule has 0 amide bonds. The highest BCUT2D eigenvalue weighted by Crippen LogP contribution is 2.23. The number of benzene rings is 1. The molecule has 1 atom stereocenters. The third-order valence-electron chi connectivity index (χ3n) is 3.52. The van der Waals surface area contributed by atoms with E-state index in [1.54, 1.807) is 7.11 Å². The molecule has 3 nitrogen and oxygen atoms in total. The molecule has 0 radical (unpaired) electrons. The van der Waals surface area contributed by atoms with Gasteiger partial charge in [0.15, 0.2) is 0 Å². The standard InChI is InChI=1S/C14H22N2O/c1-17-14-6-2-4-12(10-14)11-16-9-3-5-13(16)7-8-15/h2,4,6,10,13H,3,5,7-9,11,15H2,1H3. The van der Waals surface area contributed by atoms with Crippen molar-refractivity contribution < 1.29 is 4.74 Å². The van der Waals surface area contributed by atoms with Gasteiger partial charge in [0, 0.05) is 12.6 Å². The van der Waals surface area contributed by atoms with Crippen LogP contribution >= 0.6 is 0 Å². The SMILES string of the molecule is COc1cccc(CN2CCCC2CCN)c1. The molecule has 1 heterocycles. The highest BCUT2D eigenvalue weighted by Gasteiger charge is 2.23. The number of methoxy groups -OCH3 is 1. The second-order valence-corrected chi connectivity index (χ2v) is 4.70. The largest absolute Gasteiger partial charge is 0.497 e. The Morgan fingerprint density at radius 1 is 1.47 bits per heavy atom. The van der Waals surface area contributed by atoms with Crippen LogP contribution in [0, 0.1) is 0 Å². The Morgan fingerprint density at radius 2 is 2.35 bits per heavy atom. The van der Waals surface area contributed by atoms with Crippen molar-refractivity contribution in [1.29, 1.82) is 0 Å². The second-order valence-electron chi connectivity index (χ2n) is 4.70. The van der Waals surface area contributed by atoms with Gasteiger partial charge < -0.3 is 10.5 Å². The van der Waals surface area contributed by atoms with Gasteiger partial charge in [0.25, 0.3) is 0 Å². The van der Waals surface area contributed by atoms with E-state index in [0.717, 1.165) is 25.3 Å². The third-order valence-corrected chi connectivity index (χ3v) is 3.52. The first-order valence-corrected chi connectivity index (χ1v) is 6.40. The number of hydrogen-bond donors (Lipinski definition) is 1. The Kier molecular flexibility index (Phi) is 4.40. The first-order chi connectivity index (χ1) is 8.33. The molecule has 0 spiro atoms. The molecule has 1 aliphatic rings. The molecule has 2 rings (SSSR count). The summed E-state index contributed by atoms with van der Waals surface area (Å²) in [5.41, 5.74) is 6.99. The molecular weight excluding hydrogens is 212 g/mol. The number of ether oxygens (including phenoxy) is 1. The van der Waals surface area contributed by atoms with Crippen molar-refractivity contribution in [2.75, 3.05) is 20.2 Å². The summed E-state index contributed by atoms with van der Waals surface area (Å²) in [6.45, 7) is 3.00. The Morgan fingerprint density at radius 3 is 3.12 bits per heavy atom. The molecule has 17 heavy (non-hydrogen) atoms. The summed E-state index contributed by atoms with van der Waals surface area (Å²) in [6.07, 6.45) is 3.71. The summed E-state index contributed by atoms with van der Waals surface area (Å²) in [5.74, 6) is 0.942. The van der Waals surface area contributed by atoms with Crippen molar-refractivity contribution >= 4 is 0 Å². The van der Waals surface area contributed by atoms with Gasteiger partial charge in [0.2, 0.25) is 0 Å². The zero-order valence-electron chi connectivity index (χ0n) is 10.6. The Bertz CT molecular complexity index is 354. The minimum Gasteiger partial charge on any atom is -0.497 e. The predicted octanol–water partition coefficient (Wildman–Crippen LogP) is 2.01. The smallest absolute Gasteiger partial charge is 0.119 e. The molecule has 1 aliphatic heterocycles. The molecule has 1 unspecified atom stereocenters. The normalized spacial score (nSPS) is 20.7. The van der Waals surface area contributed by atoms with E-state index in [1.165, 1.54) is 24.9 Å². The van der Waals surface area contributed by atoms with Crippen molar-refractivity contribution in [3.8, 4) is 5.75 Å². The van der Waals surface area contributed by atoms with Crippen LogP contribution in [0.15, 0.2) is 24.3 Å². The van der Waals surface area contributed by atoms with Gasteiger partial charge in [-0.25, -0.2) is 0 Å². The summed E-state index contributed by atoms with van der Waals surface area (Å²) in [7, 11) is 1.71. The van der Waals surface area contributed by atoms with Crippen LogP contribution in [0.4, 0.5) is 0 Å². The van der Waals surface area contributed by atoms with Crippen LogP contribution in [-0.4, -0.2) is 31.1 Å². The van der Waals surface area contributed by atoms with Crippen molar-refractivity contribution in [2.24, 2.45) is 5.73 Å². The summed E-state index contributed by atoms with van der Waals surface area (Å²) >= 11 is 0. The van der Waals surface area contributed by atoms with E-state index in [4.69, 9.17) is 10.5 Å². The van der Waals surface area contributed by atoms with E-state index in [9.17, 15) is 0 Å². The molecule has 0 aromatic heterocycles. The molecular formula is C14H22N2O. The summed E-state index contributed by atoms with van der Waals surface area (Å²) < 4.78 is 5.26. The quantitative estimate of drug-likeness (QED) is 0.847. The van der Waals surface area contributed by atoms with Gasteiger partial charge in [-0.05, 0) is 50.0 Å². The molecule has 0 aliphatic carbocycles. The van der Waals surface area contributed by atoms with Gasteiger partial charge >= 0.3 is 0 Å². The first-order valence-electron chi connectivity index (χ1n) is 6.40. The maximum absolute atomic E-state index is 5.66. The monoisotopic (exact) mass is 234 g/mol. The average molecular weight is 234 g/mol. The minimum absolute atomic E-state index is 0.672. The first kappa shape index (κ1) is 12.4. The zero-order valence-corrected chi connectivity index (χ0v) is 10.6. The Balaban J connectivity index is 1.99. The van der Waals surface area contributed by atoms with E-state index in [1.807, 2.05) is 6.07 Å². The minimum atomic E-state index is 0.672. The molecule has 1 aromatic rings. The molecule has 94 valence electrons. The number of likely N-dealkylation sites (tertiary alicyclic amines) is 1. The summed E-state index contributed by atoms with van der Waals surface area (Å²) in [6, 6.07) is 9.01. The van der Waals surface area contributed by atoms with Crippen LogP contribution in [0.2, 0.25) is 0 Å². The highest BCUT2D eigenvalue weighted by molar-refractivity contribution is 5.28. The second kappa shape index (κ2) is 6.03. The molecule has 1 fully saturated rings. The fourth-order valence-corrected chi connectivity index (χ4v) is 2.63. The van der Waals surface area contributed by atoms with Gasteiger partial charge in [-0.3, -0.25) is 4.90 Å². The van der Waals surface area contributed by atoms with Gasteiger partial charge in [-0.15, -0.1) is 0 Å². The van der Waals surface area contributed by atoms with Crippen LogP contribution in [0.1, 0.15) is 24.8 Å². The van der Waals surface area contributed by atoms with Crippen molar-refractivity contribution in [2.45, 2.75) is 31.8 Å². The number of rotatable bonds is 5. The molecule has 2 N–H and O–H groups in total. The van der Waals surface area contributed by atoms with Crippen molar-refractivity contribution in [1.82, 2.24) is 4.90 Å². The zero-order chi connectivity index (χ0) is 12.1. The van der Waals surface area contributed by atoms with E-state index < -0.39 is 0 Å². The van der Waals surface area contributed by atoms with E-state index in [-0.39, 0.29) is 0 Å². The number of hydrogen-bond acceptors (Lipinski definition) is 3. The topological polar surface area (TPSA) is 38.5 Å². The lowest BCUT2D eigenvalue weighted by molar-refractivity contribution is 0.236. The third kappa shape index (κ3) is 3.20. The number of nitrogens with two attached hydrogens (primary N) is 1. The van der Waals surface area contributed by atoms with Gasteiger partial charge in [-0.1, -0.05) is 12.1 Å². The molecule has 3 heteroatoms. The maximum Gasteiger partial charge on any atom is 0.119 e. The number of nitrogens with zero attached hydrogens (tertiary/aromatic N) is 1. The Labute approximate surface area is 104 Å². The van der Waals surface area contributed by atoms with Crippen LogP contribution < -0.4 is 10.5 Å². The van der Waals surface area contributed by atoms with Crippen LogP contribution in [0.25, 0.3) is 0 Å². The van der Waals surface area contributed by atoms with E-state index in [0.29, 0.717) is 6.04 Å². The fraction of sp³-hybridized carbons (Fsp3) is 0.571. The molecule has 1 saturated heterocycles. The molecule has 0 saturated carbocycles. The average Bonchev–Trinajstić information content (AvgIpc) is 2.78. The lowest BCUT2D eigenvalue weighted by atomic mass is 10.1. The molecule has 0 bridgehead atoms. The van der Waals surface area contributed by atoms with Crippen molar-refractivity contribution in [3.05, 3.63) is 29.8 Å². The summed E-state index contributed by atoms with van der Waals surface area (Å²) in [4.78, 5) is 2.54. The lowest BCUT2D eigenvalue weighted by Crippen LogP contribution is -2.30. The van der Waals surface area contributed by atoms with E-state index in [2.05, 4.69) is 23.1 Å². The highest BCUT2D eigenvalue weighted by atomic mass is 16.5. The van der Waals surface area contributed by atoms with Gasteiger partial charge in [-0.2, -0.15) is 0 Å². The van der Waals surface area contributed by atoms with Gasteiger partial charge in [0.05, 0.1) is 7.11 Å². The van der Waals surface area contributed by atoms with Crippen LogP contribution in [0.3, 0.4) is 0 Å². The van der Waals surface area contributed by atoms with E-state index >= 15 is 0 Å². The Hall–Kier alpha value is -1.06. The predicted molar refractivity (Wildman–Crippen MR) is 70.1 cm³/mol. The lowest BCUT2D eigenvalue weighted by Gasteiger charge is -2.24. The summed E-state index contributed by atoms with van der Waals surface area (Å²) in [5, 5.41) is 0. The molecule has 1 aromatic carbocycles. The maximum atomic E-state index is 5.66. The van der Waals surface area contributed by atoms with Crippen molar-refractivity contribution in [3.63, 3.8) is 0 Å².